The number of carbonyl (C=O) groups is 2. The predicted molar refractivity (Wildman–Crippen MR) is 114 cm³/mol. The van der Waals surface area contributed by atoms with Crippen LogP contribution in [-0.2, 0) is 22.6 Å². The number of rotatable bonds is 10. The first kappa shape index (κ1) is 20.9. The molecule has 3 rings (SSSR count). The van der Waals surface area contributed by atoms with Crippen LogP contribution in [-0.4, -0.2) is 29.7 Å². The van der Waals surface area contributed by atoms with Crippen LogP contribution in [0.25, 0.3) is 11.1 Å². The highest BCUT2D eigenvalue weighted by Crippen LogP contribution is 2.32. The van der Waals surface area contributed by atoms with Crippen molar-refractivity contribution in [2.45, 2.75) is 37.1 Å². The maximum absolute atomic E-state index is 11.9. The summed E-state index contributed by atoms with van der Waals surface area (Å²) in [6, 6.07) is 11.7. The topological polar surface area (TPSA) is 66.4 Å². The van der Waals surface area contributed by atoms with E-state index in [4.69, 9.17) is 16.7 Å². The molecule has 0 spiro atoms. The number of Topliss-reactive ketones (excluding diaryl/α,β-unsaturated/α-hetero) is 1. The number of hydrogen-bond acceptors (Lipinski definition) is 4. The molecule has 0 saturated heterocycles. The molecule has 6 heteroatoms. The molecular weight excluding hydrogens is 394 g/mol. The van der Waals surface area contributed by atoms with Crippen LogP contribution < -0.4 is 5.32 Å². The van der Waals surface area contributed by atoms with Crippen molar-refractivity contribution in [1.29, 1.82) is 0 Å². The molecule has 0 aromatic heterocycles. The van der Waals surface area contributed by atoms with Gasteiger partial charge in [0, 0.05) is 35.3 Å². The van der Waals surface area contributed by atoms with Gasteiger partial charge in [0.15, 0.2) is 0 Å². The van der Waals surface area contributed by atoms with Crippen molar-refractivity contribution in [2.24, 2.45) is 5.92 Å². The Hall–Kier alpha value is -1.82. The van der Waals surface area contributed by atoms with Gasteiger partial charge in [-0.15, -0.1) is 11.8 Å². The van der Waals surface area contributed by atoms with Gasteiger partial charge in [-0.25, -0.2) is 0 Å². The molecule has 2 aromatic carbocycles. The average Bonchev–Trinajstić information content (AvgIpc) is 3.49. The lowest BCUT2D eigenvalue weighted by Crippen LogP contribution is -2.19. The molecule has 1 aliphatic carbocycles. The number of carbonyl (C=O) groups excluding carboxylic acids is 1. The smallest absolute Gasteiger partial charge is 0.307 e. The van der Waals surface area contributed by atoms with Crippen LogP contribution in [0.5, 0.6) is 0 Å². The van der Waals surface area contributed by atoms with Crippen molar-refractivity contribution in [3.05, 3.63) is 52.5 Å². The van der Waals surface area contributed by atoms with E-state index in [0.29, 0.717) is 41.8 Å². The van der Waals surface area contributed by atoms with Crippen LogP contribution >= 0.6 is 23.4 Å². The molecule has 1 fully saturated rings. The second kappa shape index (κ2) is 9.59. The van der Waals surface area contributed by atoms with Crippen molar-refractivity contribution >= 4 is 35.1 Å². The van der Waals surface area contributed by atoms with Crippen LogP contribution in [0.1, 0.15) is 30.4 Å². The van der Waals surface area contributed by atoms with Crippen molar-refractivity contribution in [3.63, 3.8) is 0 Å². The zero-order valence-electron chi connectivity index (χ0n) is 15.8. The molecule has 0 bridgehead atoms. The molecule has 0 amide bonds. The van der Waals surface area contributed by atoms with Gasteiger partial charge in [-0.2, -0.15) is 0 Å². The second-order valence-corrected chi connectivity index (χ2v) is 8.43. The van der Waals surface area contributed by atoms with E-state index in [2.05, 4.69) is 23.5 Å². The zero-order chi connectivity index (χ0) is 20.1. The molecule has 0 unspecified atom stereocenters. The van der Waals surface area contributed by atoms with Crippen molar-refractivity contribution in [2.75, 3.05) is 12.8 Å². The number of hydrogen-bond donors (Lipinski definition) is 2. The minimum absolute atomic E-state index is 0.0622. The van der Waals surface area contributed by atoms with E-state index in [1.807, 2.05) is 18.4 Å². The van der Waals surface area contributed by atoms with Gasteiger partial charge >= 0.3 is 5.97 Å². The average molecular weight is 418 g/mol. The van der Waals surface area contributed by atoms with Gasteiger partial charge in [-0.3, -0.25) is 9.59 Å². The second-order valence-electron chi connectivity index (χ2n) is 7.11. The third-order valence-corrected chi connectivity index (χ3v) is 5.78. The van der Waals surface area contributed by atoms with Gasteiger partial charge in [0.1, 0.15) is 5.78 Å². The van der Waals surface area contributed by atoms with Crippen LogP contribution in [0.15, 0.2) is 41.3 Å². The SMILES string of the molecule is CSc1ccc(-c2cc(Cl)cc(CC(=O)O)c2)c(CNCCC(=O)C2CC2)c1. The van der Waals surface area contributed by atoms with E-state index in [9.17, 15) is 9.59 Å². The number of nitrogens with one attached hydrogen (secondary N) is 1. The Bertz CT molecular complexity index is 880. The predicted octanol–water partition coefficient (Wildman–Crippen LogP) is 4.81. The highest BCUT2D eigenvalue weighted by Gasteiger charge is 2.28. The zero-order valence-corrected chi connectivity index (χ0v) is 17.4. The first-order valence-electron chi connectivity index (χ1n) is 9.38. The summed E-state index contributed by atoms with van der Waals surface area (Å²) in [5.41, 5.74) is 3.71. The largest absolute Gasteiger partial charge is 0.481 e. The van der Waals surface area contributed by atoms with Gasteiger partial charge in [0.05, 0.1) is 6.42 Å². The summed E-state index contributed by atoms with van der Waals surface area (Å²) in [5.74, 6) is -0.219. The lowest BCUT2D eigenvalue weighted by Gasteiger charge is -2.14. The molecule has 0 atom stereocenters. The molecule has 1 saturated carbocycles. The fourth-order valence-electron chi connectivity index (χ4n) is 3.25. The number of aliphatic carboxylic acids is 1. The number of benzene rings is 2. The van der Waals surface area contributed by atoms with E-state index in [1.54, 1.807) is 17.8 Å². The van der Waals surface area contributed by atoms with Gasteiger partial charge in [-0.05, 0) is 65.6 Å². The highest BCUT2D eigenvalue weighted by molar-refractivity contribution is 7.98. The van der Waals surface area contributed by atoms with E-state index < -0.39 is 5.97 Å². The van der Waals surface area contributed by atoms with E-state index in [-0.39, 0.29) is 6.42 Å². The molecule has 4 nitrogen and oxygen atoms in total. The Morgan fingerprint density at radius 2 is 2.00 bits per heavy atom. The first-order valence-corrected chi connectivity index (χ1v) is 11.0. The van der Waals surface area contributed by atoms with Gasteiger partial charge in [0.2, 0.25) is 0 Å². The van der Waals surface area contributed by atoms with E-state index in [0.717, 1.165) is 34.4 Å². The molecule has 0 aliphatic heterocycles. The van der Waals surface area contributed by atoms with Gasteiger partial charge in [-0.1, -0.05) is 23.7 Å². The van der Waals surface area contributed by atoms with Gasteiger partial charge < -0.3 is 10.4 Å². The first-order chi connectivity index (χ1) is 13.5. The standard InChI is InChI=1S/C22H24ClNO3S/c1-28-19-4-5-20(16-8-14(10-22(26)27)9-18(23)11-16)17(12-19)13-24-7-6-21(25)15-2-3-15/h4-5,8-9,11-12,15,24H,2-3,6-7,10,13H2,1H3,(H,26,27). The Kier molecular flexibility index (Phi) is 7.16. The summed E-state index contributed by atoms with van der Waals surface area (Å²) in [5, 5.41) is 13.0. The lowest BCUT2D eigenvalue weighted by atomic mass is 9.97. The molecule has 0 heterocycles. The quantitative estimate of drug-likeness (QED) is 0.428. The molecule has 1 aliphatic rings. The maximum atomic E-state index is 11.9. The normalized spacial score (nSPS) is 13.5. The molecule has 0 radical (unpaired) electrons. The third kappa shape index (κ3) is 5.84. The molecule has 28 heavy (non-hydrogen) atoms. The van der Waals surface area contributed by atoms with Crippen LogP contribution in [0.4, 0.5) is 0 Å². The summed E-state index contributed by atoms with van der Waals surface area (Å²) in [4.78, 5) is 24.1. The number of carboxylic acid groups (broad SMARTS) is 1. The van der Waals surface area contributed by atoms with Crippen molar-refractivity contribution in [3.8, 4) is 11.1 Å². The summed E-state index contributed by atoms with van der Waals surface area (Å²) in [6.45, 7) is 1.31. The molecule has 2 N–H and O–H groups in total. The number of halogens is 1. The number of ketones is 1. The summed E-state index contributed by atoms with van der Waals surface area (Å²) >= 11 is 7.91. The van der Waals surface area contributed by atoms with E-state index >= 15 is 0 Å². The summed E-state index contributed by atoms with van der Waals surface area (Å²) in [6.07, 6.45) is 4.64. The lowest BCUT2D eigenvalue weighted by molar-refractivity contribution is -0.136. The Morgan fingerprint density at radius 1 is 1.21 bits per heavy atom. The Morgan fingerprint density at radius 3 is 2.68 bits per heavy atom. The molecule has 2 aromatic rings. The summed E-state index contributed by atoms with van der Waals surface area (Å²) < 4.78 is 0. The summed E-state index contributed by atoms with van der Waals surface area (Å²) in [7, 11) is 0. The van der Waals surface area contributed by atoms with Crippen LogP contribution in [0, 0.1) is 5.92 Å². The van der Waals surface area contributed by atoms with E-state index in [1.165, 1.54) is 0 Å². The fraction of sp³-hybridized carbons (Fsp3) is 0.364. The minimum Gasteiger partial charge on any atom is -0.481 e. The number of thioether (sulfide) groups is 1. The highest BCUT2D eigenvalue weighted by atomic mass is 35.5. The Balaban J connectivity index is 1.78. The van der Waals surface area contributed by atoms with Crippen LogP contribution in [0.3, 0.4) is 0 Å². The van der Waals surface area contributed by atoms with Crippen molar-refractivity contribution < 1.29 is 14.7 Å². The Labute approximate surface area is 174 Å². The number of carboxylic acids is 1. The third-order valence-electron chi connectivity index (χ3n) is 4.83. The van der Waals surface area contributed by atoms with Crippen LogP contribution in [0.2, 0.25) is 5.02 Å². The van der Waals surface area contributed by atoms with Gasteiger partial charge in [0.25, 0.3) is 0 Å². The minimum atomic E-state index is -0.881. The molecular formula is C22H24ClNO3S. The maximum Gasteiger partial charge on any atom is 0.307 e. The molecule has 148 valence electrons. The monoisotopic (exact) mass is 417 g/mol. The van der Waals surface area contributed by atoms with Crippen molar-refractivity contribution in [1.82, 2.24) is 5.32 Å². The fourth-order valence-corrected chi connectivity index (χ4v) is 3.97.